The minimum Gasteiger partial charge on any atom is -0.250 e. The molecule has 1 atom stereocenters. The minimum absolute atomic E-state index is 0.167. The first kappa shape index (κ1) is 22.6. The molecule has 1 unspecified atom stereocenters. The molecule has 0 aromatic heterocycles. The summed E-state index contributed by atoms with van der Waals surface area (Å²) in [5.74, 6) is 0.568. The Hall–Kier alpha value is 0.630. The Morgan fingerprint density at radius 1 is 0.818 bits per heavy atom. The van der Waals surface area contributed by atoms with Crippen LogP contribution >= 0.6 is 21.6 Å². The number of alkyl halides is 1. The summed E-state index contributed by atoms with van der Waals surface area (Å²) in [5, 5.41) is 0.187. The van der Waals surface area contributed by atoms with Crippen molar-refractivity contribution in [2.24, 2.45) is 5.92 Å². The van der Waals surface area contributed by atoms with Gasteiger partial charge in [-0.25, -0.2) is 4.39 Å². The van der Waals surface area contributed by atoms with E-state index in [2.05, 4.69) is 34.6 Å². The van der Waals surface area contributed by atoms with Crippen LogP contribution in [-0.4, -0.2) is 16.7 Å². The molecular formula is C19H39FS2. The highest BCUT2D eigenvalue weighted by Crippen LogP contribution is 2.42. The first-order chi connectivity index (χ1) is 10.4. The standard InChI is InChI=1S/C19H39FS2/c1-6-8-10-12-14-17(15-13-11-9-7-2)18(16-20)21-22-19(3,4)5/h17-18H,6-16H2,1-5H3. The molecular weight excluding hydrogens is 311 g/mol. The molecule has 0 bridgehead atoms. The summed E-state index contributed by atoms with van der Waals surface area (Å²) in [4.78, 5) is 0. The van der Waals surface area contributed by atoms with Crippen LogP contribution in [0.1, 0.15) is 98.8 Å². The van der Waals surface area contributed by atoms with Gasteiger partial charge in [0.1, 0.15) is 6.67 Å². The molecule has 0 saturated heterocycles. The SMILES string of the molecule is CCCCCCC(CCCCCC)C(CF)SSC(C)(C)C. The molecule has 0 heterocycles. The van der Waals surface area contributed by atoms with Crippen LogP contribution in [0.3, 0.4) is 0 Å². The number of hydrogen-bond donors (Lipinski definition) is 0. The van der Waals surface area contributed by atoms with Gasteiger partial charge in [-0.05, 0) is 18.8 Å². The van der Waals surface area contributed by atoms with E-state index >= 15 is 0 Å². The highest BCUT2D eigenvalue weighted by atomic mass is 33.1. The zero-order chi connectivity index (χ0) is 16.8. The fourth-order valence-corrected chi connectivity index (χ4v) is 5.37. The van der Waals surface area contributed by atoms with Gasteiger partial charge >= 0.3 is 0 Å². The Balaban J connectivity index is 4.34. The predicted octanol–water partition coefficient (Wildman–Crippen LogP) is 8.06. The predicted molar refractivity (Wildman–Crippen MR) is 106 cm³/mol. The summed E-state index contributed by atoms with van der Waals surface area (Å²) in [5.41, 5.74) is 0. The van der Waals surface area contributed by atoms with Gasteiger partial charge in [-0.2, -0.15) is 0 Å². The zero-order valence-corrected chi connectivity index (χ0v) is 17.3. The van der Waals surface area contributed by atoms with Crippen LogP contribution in [-0.2, 0) is 0 Å². The molecule has 0 nitrogen and oxygen atoms in total. The Morgan fingerprint density at radius 3 is 1.68 bits per heavy atom. The van der Waals surface area contributed by atoms with E-state index in [1.807, 2.05) is 10.8 Å². The Morgan fingerprint density at radius 2 is 1.32 bits per heavy atom. The van der Waals surface area contributed by atoms with Gasteiger partial charge in [0.15, 0.2) is 0 Å². The molecule has 0 N–H and O–H groups in total. The van der Waals surface area contributed by atoms with Gasteiger partial charge in [0, 0.05) is 10.00 Å². The normalized spacial score (nSPS) is 13.8. The minimum atomic E-state index is -0.167. The topological polar surface area (TPSA) is 0 Å². The summed E-state index contributed by atoms with van der Waals surface area (Å²) < 4.78 is 13.8. The first-order valence-electron chi connectivity index (χ1n) is 9.35. The second-order valence-corrected chi connectivity index (χ2v) is 10.7. The van der Waals surface area contributed by atoms with Crippen LogP contribution in [0.2, 0.25) is 0 Å². The second kappa shape index (κ2) is 14.0. The summed E-state index contributed by atoms with van der Waals surface area (Å²) >= 11 is 0. The molecule has 0 fully saturated rings. The Labute approximate surface area is 147 Å². The molecule has 0 amide bonds. The molecule has 0 aliphatic heterocycles. The van der Waals surface area contributed by atoms with Crippen LogP contribution < -0.4 is 0 Å². The van der Waals surface area contributed by atoms with E-state index in [1.54, 1.807) is 10.8 Å². The van der Waals surface area contributed by atoms with Crippen LogP contribution in [0.25, 0.3) is 0 Å². The van der Waals surface area contributed by atoms with Crippen molar-refractivity contribution < 1.29 is 4.39 Å². The van der Waals surface area contributed by atoms with Crippen LogP contribution in [0, 0.1) is 5.92 Å². The monoisotopic (exact) mass is 350 g/mol. The molecule has 0 aliphatic carbocycles. The lowest BCUT2D eigenvalue weighted by Gasteiger charge is -2.27. The lowest BCUT2D eigenvalue weighted by Crippen LogP contribution is -2.20. The zero-order valence-electron chi connectivity index (χ0n) is 15.6. The molecule has 0 aliphatic rings. The van der Waals surface area contributed by atoms with Crippen molar-refractivity contribution in [1.82, 2.24) is 0 Å². The molecule has 0 spiro atoms. The summed E-state index contributed by atoms with van der Waals surface area (Å²) in [6.07, 6.45) is 12.9. The van der Waals surface area contributed by atoms with Crippen LogP contribution in [0.5, 0.6) is 0 Å². The average molecular weight is 351 g/mol. The maximum absolute atomic E-state index is 13.6. The van der Waals surface area contributed by atoms with Gasteiger partial charge in [-0.1, -0.05) is 108 Å². The fourth-order valence-electron chi connectivity index (χ4n) is 2.62. The highest BCUT2D eigenvalue weighted by molar-refractivity contribution is 8.77. The van der Waals surface area contributed by atoms with Gasteiger partial charge in [-0.15, -0.1) is 0 Å². The third kappa shape index (κ3) is 13.1. The maximum atomic E-state index is 13.6. The van der Waals surface area contributed by atoms with Crippen molar-refractivity contribution in [3.8, 4) is 0 Å². The van der Waals surface area contributed by atoms with E-state index in [9.17, 15) is 4.39 Å². The third-order valence-corrected chi connectivity index (χ3v) is 7.84. The van der Waals surface area contributed by atoms with E-state index in [0.29, 0.717) is 5.92 Å². The van der Waals surface area contributed by atoms with Crippen LogP contribution in [0.4, 0.5) is 4.39 Å². The fraction of sp³-hybridized carbons (Fsp3) is 1.00. The number of unbranched alkanes of at least 4 members (excludes halogenated alkanes) is 6. The van der Waals surface area contributed by atoms with E-state index in [-0.39, 0.29) is 16.7 Å². The Kier molecular flexibility index (Phi) is 14.4. The van der Waals surface area contributed by atoms with Gasteiger partial charge in [0.05, 0.1) is 0 Å². The Bertz CT molecular complexity index is 226. The largest absolute Gasteiger partial charge is 0.250 e. The average Bonchev–Trinajstić information content (AvgIpc) is 2.46. The number of halogens is 1. The number of hydrogen-bond acceptors (Lipinski definition) is 2. The van der Waals surface area contributed by atoms with E-state index in [4.69, 9.17) is 0 Å². The number of rotatable bonds is 14. The molecule has 0 saturated carbocycles. The molecule has 3 heteroatoms. The van der Waals surface area contributed by atoms with Gasteiger partial charge < -0.3 is 0 Å². The quantitative estimate of drug-likeness (QED) is 0.229. The molecule has 0 rings (SSSR count). The van der Waals surface area contributed by atoms with Crippen LogP contribution in [0.15, 0.2) is 0 Å². The second-order valence-electron chi connectivity index (χ2n) is 7.44. The summed E-state index contributed by atoms with van der Waals surface area (Å²) in [6.45, 7) is 11.0. The summed E-state index contributed by atoms with van der Waals surface area (Å²) in [6, 6.07) is 0. The van der Waals surface area contributed by atoms with Gasteiger partial charge in [0.25, 0.3) is 0 Å². The smallest absolute Gasteiger partial charge is 0.102 e. The van der Waals surface area contributed by atoms with Crippen molar-refractivity contribution in [1.29, 1.82) is 0 Å². The van der Waals surface area contributed by atoms with Gasteiger partial charge in [0.2, 0.25) is 0 Å². The van der Waals surface area contributed by atoms with Gasteiger partial charge in [-0.3, -0.25) is 0 Å². The maximum Gasteiger partial charge on any atom is 0.102 e. The highest BCUT2D eigenvalue weighted by Gasteiger charge is 2.24. The molecule has 0 aromatic carbocycles. The summed E-state index contributed by atoms with van der Waals surface area (Å²) in [7, 11) is 3.66. The molecule has 134 valence electrons. The van der Waals surface area contributed by atoms with E-state index < -0.39 is 0 Å². The van der Waals surface area contributed by atoms with E-state index in [0.717, 1.165) is 0 Å². The first-order valence-corrected chi connectivity index (χ1v) is 11.6. The molecule has 22 heavy (non-hydrogen) atoms. The van der Waals surface area contributed by atoms with Crippen molar-refractivity contribution in [2.45, 2.75) is 109 Å². The van der Waals surface area contributed by atoms with Crippen molar-refractivity contribution in [3.63, 3.8) is 0 Å². The van der Waals surface area contributed by atoms with Crippen molar-refractivity contribution in [3.05, 3.63) is 0 Å². The lowest BCUT2D eigenvalue weighted by atomic mass is 9.92. The lowest BCUT2D eigenvalue weighted by molar-refractivity contribution is 0.345. The third-order valence-electron chi connectivity index (χ3n) is 3.96. The molecule has 0 radical (unpaired) electrons. The van der Waals surface area contributed by atoms with E-state index in [1.165, 1.54) is 64.2 Å². The molecule has 0 aromatic rings. The van der Waals surface area contributed by atoms with Crippen molar-refractivity contribution in [2.75, 3.05) is 6.67 Å². The van der Waals surface area contributed by atoms with Crippen molar-refractivity contribution >= 4 is 21.6 Å².